The number of benzene rings is 1. The molecule has 0 aliphatic heterocycles. The molecule has 0 saturated heterocycles. The van der Waals surface area contributed by atoms with Crippen molar-refractivity contribution < 1.29 is 9.21 Å². The van der Waals surface area contributed by atoms with Crippen molar-refractivity contribution in [1.29, 1.82) is 0 Å². The highest BCUT2D eigenvalue weighted by Gasteiger charge is 2.16. The van der Waals surface area contributed by atoms with E-state index < -0.39 is 0 Å². The fourth-order valence-corrected chi connectivity index (χ4v) is 3.49. The first-order valence-electron chi connectivity index (χ1n) is 9.32. The molecule has 0 radical (unpaired) electrons. The van der Waals surface area contributed by atoms with Gasteiger partial charge in [-0.15, -0.1) is 0 Å². The number of hydrogen-bond donors (Lipinski definition) is 1. The summed E-state index contributed by atoms with van der Waals surface area (Å²) in [5.41, 5.74) is 2.79. The van der Waals surface area contributed by atoms with Gasteiger partial charge in [0.2, 0.25) is 5.91 Å². The van der Waals surface area contributed by atoms with Crippen LogP contribution in [0.1, 0.15) is 24.7 Å². The maximum atomic E-state index is 12.7. The number of amides is 1. The third kappa shape index (κ3) is 3.43. The van der Waals surface area contributed by atoms with Gasteiger partial charge in [-0.25, -0.2) is 4.68 Å². The molecule has 28 heavy (non-hydrogen) atoms. The van der Waals surface area contributed by atoms with Crippen molar-refractivity contribution in [3.8, 4) is 0 Å². The zero-order valence-electron chi connectivity index (χ0n) is 15.9. The molecule has 0 fully saturated rings. The molecule has 0 saturated carbocycles. The number of hydrogen-bond acceptors (Lipinski definition) is 4. The first-order valence-corrected chi connectivity index (χ1v) is 9.32. The van der Waals surface area contributed by atoms with Crippen LogP contribution in [-0.4, -0.2) is 26.1 Å². The molecule has 7 heteroatoms. The predicted molar refractivity (Wildman–Crippen MR) is 106 cm³/mol. The highest BCUT2D eigenvalue weighted by atomic mass is 16.3. The van der Waals surface area contributed by atoms with Crippen LogP contribution in [0, 0.1) is 6.92 Å². The topological polar surface area (TPSA) is 81.5 Å². The molecule has 1 unspecified atom stereocenters. The summed E-state index contributed by atoms with van der Waals surface area (Å²) in [5, 5.41) is 7.26. The molecule has 7 nitrogen and oxygen atoms in total. The fraction of sp³-hybridized carbons (Fsp3) is 0.286. The third-order valence-corrected chi connectivity index (χ3v) is 4.88. The Bertz CT molecular complexity index is 1190. The first kappa shape index (κ1) is 18.0. The van der Waals surface area contributed by atoms with Gasteiger partial charge in [-0.2, -0.15) is 5.10 Å². The molecule has 3 aromatic heterocycles. The van der Waals surface area contributed by atoms with Crippen molar-refractivity contribution in [3.05, 3.63) is 70.5 Å². The average Bonchev–Trinajstić information content (AvgIpc) is 3.26. The molecule has 0 spiro atoms. The number of nitrogens with zero attached hydrogens (tertiary/aromatic N) is 3. The molecule has 3 heterocycles. The monoisotopic (exact) mass is 378 g/mol. The Kier molecular flexibility index (Phi) is 4.73. The minimum Gasteiger partial charge on any atom is -0.463 e. The maximum Gasteiger partial charge on any atom is 0.291 e. The normalized spacial score (nSPS) is 12.5. The molecule has 1 atom stereocenters. The average molecular weight is 378 g/mol. The smallest absolute Gasteiger partial charge is 0.291 e. The molecule has 1 N–H and O–H groups in total. The number of rotatable bonds is 6. The van der Waals surface area contributed by atoms with Gasteiger partial charge >= 0.3 is 0 Å². The van der Waals surface area contributed by atoms with Crippen LogP contribution in [0.4, 0.5) is 0 Å². The SMILES string of the molecule is Cc1nn(CC(=O)NC(C)CCc2ccccc2)c(=O)c2cc3occc3n12. The lowest BCUT2D eigenvalue weighted by Crippen LogP contribution is -2.39. The van der Waals surface area contributed by atoms with Crippen molar-refractivity contribution in [2.24, 2.45) is 0 Å². The first-order chi connectivity index (χ1) is 13.5. The Morgan fingerprint density at radius 1 is 1.21 bits per heavy atom. The van der Waals surface area contributed by atoms with Gasteiger partial charge in [0.15, 0.2) is 5.58 Å². The molecule has 0 bridgehead atoms. The second-order valence-electron chi connectivity index (χ2n) is 7.04. The maximum absolute atomic E-state index is 12.7. The molecule has 144 valence electrons. The summed E-state index contributed by atoms with van der Waals surface area (Å²) >= 11 is 0. The lowest BCUT2D eigenvalue weighted by molar-refractivity contribution is -0.122. The van der Waals surface area contributed by atoms with Gasteiger partial charge in [-0.05, 0) is 32.3 Å². The Balaban J connectivity index is 1.46. The number of carbonyl (C=O) groups excluding carboxylic acids is 1. The van der Waals surface area contributed by atoms with E-state index in [9.17, 15) is 9.59 Å². The molecule has 1 amide bonds. The van der Waals surface area contributed by atoms with Crippen LogP contribution < -0.4 is 10.9 Å². The van der Waals surface area contributed by atoms with Gasteiger partial charge in [0, 0.05) is 18.2 Å². The number of aryl methyl sites for hydroxylation is 2. The van der Waals surface area contributed by atoms with E-state index in [-0.39, 0.29) is 24.1 Å². The summed E-state index contributed by atoms with van der Waals surface area (Å²) in [7, 11) is 0. The van der Waals surface area contributed by atoms with Crippen molar-refractivity contribution in [1.82, 2.24) is 19.5 Å². The Labute approximate surface area is 161 Å². The highest BCUT2D eigenvalue weighted by Crippen LogP contribution is 2.19. The van der Waals surface area contributed by atoms with Crippen LogP contribution in [0.25, 0.3) is 16.6 Å². The molecule has 0 aliphatic rings. The summed E-state index contributed by atoms with van der Waals surface area (Å²) in [5.74, 6) is 0.394. The molecule has 4 rings (SSSR count). The number of carbonyl (C=O) groups is 1. The van der Waals surface area contributed by atoms with Crippen molar-refractivity contribution >= 4 is 22.5 Å². The van der Waals surface area contributed by atoms with Crippen LogP contribution in [-0.2, 0) is 17.8 Å². The number of furan rings is 1. The van der Waals surface area contributed by atoms with Gasteiger partial charge in [0.05, 0.1) is 11.8 Å². The lowest BCUT2D eigenvalue weighted by Gasteiger charge is -2.14. The van der Waals surface area contributed by atoms with Gasteiger partial charge in [0.1, 0.15) is 17.9 Å². The van der Waals surface area contributed by atoms with E-state index in [1.165, 1.54) is 10.2 Å². The van der Waals surface area contributed by atoms with E-state index in [4.69, 9.17) is 4.42 Å². The summed E-state index contributed by atoms with van der Waals surface area (Å²) in [6, 6.07) is 13.6. The van der Waals surface area contributed by atoms with E-state index >= 15 is 0 Å². The second-order valence-corrected chi connectivity index (χ2v) is 7.04. The van der Waals surface area contributed by atoms with Gasteiger partial charge in [0.25, 0.3) is 5.56 Å². The Morgan fingerprint density at radius 3 is 2.79 bits per heavy atom. The van der Waals surface area contributed by atoms with Crippen LogP contribution in [0.5, 0.6) is 0 Å². The van der Waals surface area contributed by atoms with Gasteiger partial charge in [-0.1, -0.05) is 30.3 Å². The van der Waals surface area contributed by atoms with Gasteiger partial charge < -0.3 is 9.73 Å². The summed E-state index contributed by atoms with van der Waals surface area (Å²) in [6.45, 7) is 3.65. The second kappa shape index (κ2) is 7.34. The molecule has 0 aliphatic carbocycles. The van der Waals surface area contributed by atoms with Crippen molar-refractivity contribution in [2.45, 2.75) is 39.3 Å². The van der Waals surface area contributed by atoms with Crippen LogP contribution in [0.3, 0.4) is 0 Å². The number of nitrogens with one attached hydrogen (secondary N) is 1. The fourth-order valence-electron chi connectivity index (χ4n) is 3.49. The third-order valence-electron chi connectivity index (χ3n) is 4.88. The molecular formula is C21H22N4O3. The van der Waals surface area contributed by atoms with E-state index in [1.54, 1.807) is 29.7 Å². The lowest BCUT2D eigenvalue weighted by atomic mass is 10.1. The predicted octanol–water partition coefficient (Wildman–Crippen LogP) is 2.69. The van der Waals surface area contributed by atoms with E-state index in [0.717, 1.165) is 18.4 Å². The van der Waals surface area contributed by atoms with Gasteiger partial charge in [-0.3, -0.25) is 14.0 Å². The Morgan fingerprint density at radius 2 is 2.00 bits per heavy atom. The van der Waals surface area contributed by atoms with E-state index in [2.05, 4.69) is 22.5 Å². The zero-order chi connectivity index (χ0) is 19.7. The molecular weight excluding hydrogens is 356 g/mol. The van der Waals surface area contributed by atoms with E-state index in [0.29, 0.717) is 16.9 Å². The largest absolute Gasteiger partial charge is 0.463 e. The zero-order valence-corrected chi connectivity index (χ0v) is 15.9. The molecule has 4 aromatic rings. The quantitative estimate of drug-likeness (QED) is 0.559. The van der Waals surface area contributed by atoms with Crippen LogP contribution >= 0.6 is 0 Å². The Hall–Kier alpha value is -3.35. The summed E-state index contributed by atoms with van der Waals surface area (Å²) in [4.78, 5) is 25.2. The summed E-state index contributed by atoms with van der Waals surface area (Å²) in [6.07, 6.45) is 3.28. The van der Waals surface area contributed by atoms with Crippen molar-refractivity contribution in [3.63, 3.8) is 0 Å². The molecule has 1 aromatic carbocycles. The highest BCUT2D eigenvalue weighted by molar-refractivity contribution is 5.82. The van der Waals surface area contributed by atoms with E-state index in [1.807, 2.05) is 25.1 Å². The number of fused-ring (bicyclic) bond motifs is 3. The summed E-state index contributed by atoms with van der Waals surface area (Å²) < 4.78 is 8.33. The minimum absolute atomic E-state index is 0.00359. The van der Waals surface area contributed by atoms with Crippen LogP contribution in [0.15, 0.2) is 57.9 Å². The standard InChI is InChI=1S/C21H22N4O3/c1-14(8-9-16-6-4-3-5-7-16)22-20(26)13-24-21(27)18-12-19-17(10-11-28-19)25(18)15(2)23-24/h3-7,10-12,14H,8-9,13H2,1-2H3,(H,22,26). The van der Waals surface area contributed by atoms with Crippen molar-refractivity contribution in [2.75, 3.05) is 0 Å². The minimum atomic E-state index is -0.316. The van der Waals surface area contributed by atoms with Crippen LogP contribution in [0.2, 0.25) is 0 Å². The number of aromatic nitrogens is 3.